The number of pyridine rings is 1. The summed E-state index contributed by atoms with van der Waals surface area (Å²) >= 11 is 0. The molecule has 1 amide bonds. The highest BCUT2D eigenvalue weighted by Crippen LogP contribution is 2.22. The first kappa shape index (κ1) is 16.6. The van der Waals surface area contributed by atoms with Crippen molar-refractivity contribution in [2.24, 2.45) is 0 Å². The summed E-state index contributed by atoms with van der Waals surface area (Å²) in [6.45, 7) is 1.18. The number of aryl methyl sites for hydroxylation is 1. The second kappa shape index (κ2) is 8.00. The zero-order valence-electron chi connectivity index (χ0n) is 13.8. The number of nitrogens with one attached hydrogen (secondary N) is 1. The number of tetrazole rings is 1. The molecule has 25 heavy (non-hydrogen) atoms. The Bertz CT molecular complexity index is 817. The fraction of sp³-hybridized carbons (Fsp3) is 0.235. The van der Waals surface area contributed by atoms with Crippen molar-refractivity contribution in [1.82, 2.24) is 30.5 Å². The molecule has 128 valence electrons. The van der Waals surface area contributed by atoms with Crippen LogP contribution in [0.1, 0.15) is 16.8 Å². The summed E-state index contributed by atoms with van der Waals surface area (Å²) in [6, 6.07) is 9.45. The van der Waals surface area contributed by atoms with Gasteiger partial charge in [0.15, 0.2) is 0 Å². The number of nitrogens with zero attached hydrogens (tertiary/aromatic N) is 5. The molecule has 8 nitrogen and oxygen atoms in total. The fourth-order valence-electron chi connectivity index (χ4n) is 2.33. The maximum absolute atomic E-state index is 12.3. The van der Waals surface area contributed by atoms with Crippen molar-refractivity contribution in [3.05, 3.63) is 54.6 Å². The van der Waals surface area contributed by atoms with Crippen molar-refractivity contribution in [2.45, 2.75) is 13.0 Å². The highest BCUT2D eigenvalue weighted by Gasteiger charge is 2.08. The summed E-state index contributed by atoms with van der Waals surface area (Å²) in [4.78, 5) is 16.4. The minimum absolute atomic E-state index is 0.153. The lowest BCUT2D eigenvalue weighted by atomic mass is 10.1. The van der Waals surface area contributed by atoms with Crippen LogP contribution in [0.5, 0.6) is 5.75 Å². The maximum atomic E-state index is 12.3. The van der Waals surface area contributed by atoms with Crippen LogP contribution in [0.25, 0.3) is 11.1 Å². The molecular weight excluding hydrogens is 320 g/mol. The number of methoxy groups -OCH3 is 1. The first-order chi connectivity index (χ1) is 12.3. The third-order valence-corrected chi connectivity index (χ3v) is 3.66. The van der Waals surface area contributed by atoms with Crippen LogP contribution in [0, 0.1) is 0 Å². The Morgan fingerprint density at radius 2 is 2.04 bits per heavy atom. The Labute approximate surface area is 144 Å². The normalized spacial score (nSPS) is 10.4. The molecule has 1 aromatic carbocycles. The lowest BCUT2D eigenvalue weighted by Gasteiger charge is -2.07. The van der Waals surface area contributed by atoms with Crippen LogP contribution in [0.4, 0.5) is 0 Å². The second-order valence-corrected chi connectivity index (χ2v) is 5.37. The van der Waals surface area contributed by atoms with Gasteiger partial charge >= 0.3 is 0 Å². The molecule has 0 unspecified atom stereocenters. The van der Waals surface area contributed by atoms with Gasteiger partial charge in [0.2, 0.25) is 0 Å². The third kappa shape index (κ3) is 4.37. The molecule has 3 rings (SSSR count). The fourth-order valence-corrected chi connectivity index (χ4v) is 2.33. The molecule has 0 radical (unpaired) electrons. The molecular formula is C17H18N6O2. The molecule has 0 spiro atoms. The lowest BCUT2D eigenvalue weighted by Crippen LogP contribution is -2.25. The number of hydrogen-bond acceptors (Lipinski definition) is 6. The van der Waals surface area contributed by atoms with Crippen LogP contribution < -0.4 is 10.1 Å². The van der Waals surface area contributed by atoms with Gasteiger partial charge in [-0.25, -0.2) is 4.68 Å². The lowest BCUT2D eigenvalue weighted by molar-refractivity contribution is 0.0952. The number of benzene rings is 1. The van der Waals surface area contributed by atoms with E-state index in [1.807, 2.05) is 30.3 Å². The largest absolute Gasteiger partial charge is 0.497 e. The molecule has 2 aromatic heterocycles. The molecule has 0 saturated carbocycles. The number of carbonyl (C=O) groups excluding carboxylic acids is 1. The maximum Gasteiger partial charge on any atom is 0.252 e. The van der Waals surface area contributed by atoms with Gasteiger partial charge in [0, 0.05) is 31.0 Å². The SMILES string of the molecule is COc1ccc(-c2cncc(C(=O)NCCCn3cnnn3)c2)cc1. The minimum Gasteiger partial charge on any atom is -0.497 e. The highest BCUT2D eigenvalue weighted by molar-refractivity contribution is 5.95. The van der Waals surface area contributed by atoms with E-state index >= 15 is 0 Å². The summed E-state index contributed by atoms with van der Waals surface area (Å²) in [5, 5.41) is 13.8. The second-order valence-electron chi connectivity index (χ2n) is 5.37. The summed E-state index contributed by atoms with van der Waals surface area (Å²) in [6.07, 6.45) is 5.58. The average molecular weight is 338 g/mol. The highest BCUT2D eigenvalue weighted by atomic mass is 16.5. The van der Waals surface area contributed by atoms with Crippen LogP contribution in [-0.2, 0) is 6.54 Å². The van der Waals surface area contributed by atoms with Gasteiger partial charge in [-0.2, -0.15) is 0 Å². The van der Waals surface area contributed by atoms with Crippen molar-refractivity contribution in [2.75, 3.05) is 13.7 Å². The predicted molar refractivity (Wildman–Crippen MR) is 91.0 cm³/mol. The van der Waals surface area contributed by atoms with E-state index in [1.165, 1.54) is 0 Å². The van der Waals surface area contributed by atoms with Crippen molar-refractivity contribution in [3.8, 4) is 16.9 Å². The standard InChI is InChI=1S/C17H18N6O2/c1-25-16-5-3-13(4-6-16)14-9-15(11-18-10-14)17(24)19-7-2-8-23-12-20-21-22-23/h3-6,9-12H,2,7-8H2,1H3,(H,19,24). The van der Waals surface area contributed by atoms with Crippen LogP contribution in [0.3, 0.4) is 0 Å². The van der Waals surface area contributed by atoms with E-state index in [0.717, 1.165) is 23.3 Å². The minimum atomic E-state index is -0.153. The van der Waals surface area contributed by atoms with E-state index in [2.05, 4.69) is 25.8 Å². The molecule has 8 heteroatoms. The van der Waals surface area contributed by atoms with Gasteiger partial charge in [-0.1, -0.05) is 12.1 Å². The van der Waals surface area contributed by atoms with Gasteiger partial charge in [0.1, 0.15) is 12.1 Å². The van der Waals surface area contributed by atoms with E-state index in [4.69, 9.17) is 4.74 Å². The molecule has 3 aromatic rings. The predicted octanol–water partition coefficient (Wildman–Crippen LogP) is 1.56. The smallest absolute Gasteiger partial charge is 0.252 e. The Hall–Kier alpha value is -3.29. The van der Waals surface area contributed by atoms with E-state index in [9.17, 15) is 4.79 Å². The topological polar surface area (TPSA) is 94.8 Å². The molecule has 0 saturated heterocycles. The zero-order chi connectivity index (χ0) is 17.5. The number of aromatic nitrogens is 5. The van der Waals surface area contributed by atoms with Gasteiger partial charge in [-0.05, 0) is 40.6 Å². The number of ether oxygens (including phenoxy) is 1. The molecule has 1 N–H and O–H groups in total. The van der Waals surface area contributed by atoms with Crippen molar-refractivity contribution < 1.29 is 9.53 Å². The monoisotopic (exact) mass is 338 g/mol. The van der Waals surface area contributed by atoms with E-state index < -0.39 is 0 Å². The van der Waals surface area contributed by atoms with Gasteiger partial charge in [-0.3, -0.25) is 9.78 Å². The van der Waals surface area contributed by atoms with Gasteiger partial charge in [0.05, 0.1) is 12.7 Å². The van der Waals surface area contributed by atoms with E-state index in [1.54, 1.807) is 30.5 Å². The number of carbonyl (C=O) groups is 1. The molecule has 0 fully saturated rings. The van der Waals surface area contributed by atoms with Crippen LogP contribution in [0.2, 0.25) is 0 Å². The molecule has 0 aliphatic rings. The Kier molecular flexibility index (Phi) is 5.30. The zero-order valence-corrected chi connectivity index (χ0v) is 13.8. The quantitative estimate of drug-likeness (QED) is 0.657. The Balaban J connectivity index is 1.58. The first-order valence-electron chi connectivity index (χ1n) is 7.85. The molecule has 0 bridgehead atoms. The van der Waals surface area contributed by atoms with Crippen molar-refractivity contribution in [3.63, 3.8) is 0 Å². The van der Waals surface area contributed by atoms with Crippen LogP contribution in [-0.4, -0.2) is 44.8 Å². The number of hydrogen-bond donors (Lipinski definition) is 1. The summed E-state index contributed by atoms with van der Waals surface area (Å²) in [5.74, 6) is 0.632. The Morgan fingerprint density at radius 1 is 1.20 bits per heavy atom. The first-order valence-corrected chi connectivity index (χ1v) is 7.85. The molecule has 0 aliphatic carbocycles. The van der Waals surface area contributed by atoms with Gasteiger partial charge < -0.3 is 10.1 Å². The summed E-state index contributed by atoms with van der Waals surface area (Å²) < 4.78 is 6.78. The molecule has 0 atom stereocenters. The van der Waals surface area contributed by atoms with Crippen LogP contribution >= 0.6 is 0 Å². The van der Waals surface area contributed by atoms with E-state index in [-0.39, 0.29) is 5.91 Å². The van der Waals surface area contributed by atoms with E-state index in [0.29, 0.717) is 18.7 Å². The molecule has 0 aliphatic heterocycles. The number of amides is 1. The van der Waals surface area contributed by atoms with Gasteiger partial charge in [0.25, 0.3) is 5.91 Å². The van der Waals surface area contributed by atoms with Crippen LogP contribution in [0.15, 0.2) is 49.1 Å². The average Bonchev–Trinajstić information content (AvgIpc) is 3.19. The number of rotatable bonds is 7. The van der Waals surface area contributed by atoms with Crippen molar-refractivity contribution in [1.29, 1.82) is 0 Å². The molecule has 2 heterocycles. The summed E-state index contributed by atoms with van der Waals surface area (Å²) in [7, 11) is 1.63. The third-order valence-electron chi connectivity index (χ3n) is 3.66. The van der Waals surface area contributed by atoms with Gasteiger partial charge in [-0.15, -0.1) is 5.10 Å². The van der Waals surface area contributed by atoms with Crippen molar-refractivity contribution >= 4 is 5.91 Å². The summed E-state index contributed by atoms with van der Waals surface area (Å²) in [5.41, 5.74) is 2.38. The Morgan fingerprint density at radius 3 is 2.76 bits per heavy atom.